The third-order valence-electron chi connectivity index (χ3n) is 4.86. The summed E-state index contributed by atoms with van der Waals surface area (Å²) < 4.78 is 31.2. The van der Waals surface area contributed by atoms with Crippen LogP contribution in [0.5, 0.6) is 0 Å². The van der Waals surface area contributed by atoms with E-state index >= 15 is 0 Å². The highest BCUT2D eigenvalue weighted by Gasteiger charge is 2.24. The van der Waals surface area contributed by atoms with Gasteiger partial charge in [0.25, 0.3) is 10.0 Å². The summed E-state index contributed by atoms with van der Waals surface area (Å²) in [7, 11) is -3.66. The lowest BCUT2D eigenvalue weighted by Gasteiger charge is -2.36. The number of sulfonamides is 1. The van der Waals surface area contributed by atoms with Gasteiger partial charge in [0.15, 0.2) is 0 Å². The lowest BCUT2D eigenvalue weighted by atomic mass is 9.95. The molecule has 2 aromatic rings. The molecule has 0 unspecified atom stereocenters. The molecule has 1 N–H and O–H groups in total. The van der Waals surface area contributed by atoms with Crippen molar-refractivity contribution in [3.63, 3.8) is 0 Å². The number of aromatic nitrogens is 2. The average molecular weight is 431 g/mol. The molecule has 6 nitrogen and oxygen atoms in total. The molecule has 0 bridgehead atoms. The van der Waals surface area contributed by atoms with Gasteiger partial charge in [-0.2, -0.15) is 4.37 Å². The maximum absolute atomic E-state index is 12.5. The first-order valence-corrected chi connectivity index (χ1v) is 11.9. The normalized spacial score (nSPS) is 18.4. The van der Waals surface area contributed by atoms with Gasteiger partial charge in [-0.15, -0.1) is 0 Å². The number of nitrogens with zero attached hydrogens (tertiary/aromatic N) is 3. The number of benzene rings is 1. The third-order valence-corrected chi connectivity index (χ3v) is 6.92. The second kappa shape index (κ2) is 9.96. The van der Waals surface area contributed by atoms with Crippen molar-refractivity contribution in [1.29, 1.82) is 0 Å². The molecule has 1 aliphatic rings. The van der Waals surface area contributed by atoms with E-state index in [-0.39, 0.29) is 10.0 Å². The quantitative estimate of drug-likeness (QED) is 0.629. The Balaban J connectivity index is 1.68. The molecular formula is C21H26N4O2S2. The summed E-state index contributed by atoms with van der Waals surface area (Å²) in [6, 6.07) is 7.33. The second-order valence-electron chi connectivity index (χ2n) is 6.94. The van der Waals surface area contributed by atoms with E-state index in [2.05, 4.69) is 31.6 Å². The fourth-order valence-corrected chi connectivity index (χ4v) is 5.06. The van der Waals surface area contributed by atoms with Crippen LogP contribution in [-0.4, -0.2) is 35.3 Å². The Morgan fingerprint density at radius 3 is 2.79 bits per heavy atom. The topological polar surface area (TPSA) is 75.2 Å². The molecule has 8 heteroatoms. The number of allylic oxidation sites excluding steroid dienone is 3. The molecule has 0 amide bonds. The molecule has 1 aliphatic heterocycles. The van der Waals surface area contributed by atoms with Crippen molar-refractivity contribution in [2.75, 3.05) is 11.3 Å². The largest absolute Gasteiger partial charge is 0.292 e. The number of nitrogens with one attached hydrogen (secondary N) is 1. The van der Waals surface area contributed by atoms with Gasteiger partial charge in [-0.25, -0.2) is 13.4 Å². The number of likely N-dealkylation sites (tertiary alicyclic amines) is 1. The van der Waals surface area contributed by atoms with Crippen molar-refractivity contribution in [3.05, 3.63) is 72.6 Å². The minimum atomic E-state index is -3.66. The first kappa shape index (κ1) is 21.4. The lowest BCUT2D eigenvalue weighted by molar-refractivity contribution is 0.166. The molecule has 3 rings (SSSR count). The molecule has 1 saturated heterocycles. The molecule has 0 aliphatic carbocycles. The molecule has 1 aromatic carbocycles. The van der Waals surface area contributed by atoms with Crippen molar-refractivity contribution < 1.29 is 8.42 Å². The predicted molar refractivity (Wildman–Crippen MR) is 118 cm³/mol. The molecular weight excluding hydrogens is 404 g/mol. The number of piperidine rings is 1. The van der Waals surface area contributed by atoms with Crippen LogP contribution in [0.3, 0.4) is 0 Å². The highest BCUT2D eigenvalue weighted by molar-refractivity contribution is 7.93. The van der Waals surface area contributed by atoms with Crippen molar-refractivity contribution in [2.45, 2.75) is 43.7 Å². The Labute approximate surface area is 176 Å². The SMILES string of the molecule is C=C(/C=C\C=C/C)[C@H]1CCCCN1Cc1ccc(S(=O)(=O)Nc2ncns2)cc1. The second-order valence-corrected chi connectivity index (χ2v) is 9.40. The standard InChI is InChI=1S/C21H26N4O2S2/c1-3-4-5-8-17(2)20-9-6-7-14-25(20)15-18-10-12-19(13-11-18)29(26,27)24-21-22-16-23-28-21/h3-5,8,10-13,16,20H,2,6-7,9,14-15H2,1H3,(H,22,23,24)/b4-3-,8-5-/t20-/m1/s1. The van der Waals surface area contributed by atoms with Crippen LogP contribution >= 0.6 is 11.5 Å². The molecule has 2 heterocycles. The summed E-state index contributed by atoms with van der Waals surface area (Å²) in [6.07, 6.45) is 12.9. The zero-order valence-electron chi connectivity index (χ0n) is 16.5. The van der Waals surface area contributed by atoms with Crippen LogP contribution < -0.4 is 4.72 Å². The minimum Gasteiger partial charge on any atom is -0.292 e. The summed E-state index contributed by atoms with van der Waals surface area (Å²) in [4.78, 5) is 6.50. The van der Waals surface area contributed by atoms with Gasteiger partial charge >= 0.3 is 0 Å². The van der Waals surface area contributed by atoms with E-state index in [1.54, 1.807) is 12.1 Å². The first-order valence-electron chi connectivity index (χ1n) is 9.60. The Kier molecular flexibility index (Phi) is 7.35. The van der Waals surface area contributed by atoms with Crippen molar-refractivity contribution in [2.24, 2.45) is 0 Å². The van der Waals surface area contributed by atoms with E-state index in [4.69, 9.17) is 0 Å². The van der Waals surface area contributed by atoms with E-state index in [0.717, 1.165) is 42.2 Å². The molecule has 0 radical (unpaired) electrons. The monoisotopic (exact) mass is 430 g/mol. The summed E-state index contributed by atoms with van der Waals surface area (Å²) in [5.41, 5.74) is 2.19. The summed E-state index contributed by atoms with van der Waals surface area (Å²) >= 11 is 1.00. The smallest absolute Gasteiger partial charge is 0.263 e. The molecule has 0 saturated carbocycles. The van der Waals surface area contributed by atoms with Gasteiger partial charge in [0, 0.05) is 24.1 Å². The Bertz CT molecular complexity index is 965. The molecule has 1 fully saturated rings. The number of hydrogen-bond donors (Lipinski definition) is 1. The molecule has 1 atom stereocenters. The summed E-state index contributed by atoms with van der Waals surface area (Å²) in [6.45, 7) is 8.04. The highest BCUT2D eigenvalue weighted by Crippen LogP contribution is 2.25. The van der Waals surface area contributed by atoms with E-state index in [9.17, 15) is 8.42 Å². The van der Waals surface area contributed by atoms with Crippen molar-refractivity contribution in [1.82, 2.24) is 14.3 Å². The Morgan fingerprint density at radius 2 is 2.10 bits per heavy atom. The van der Waals surface area contributed by atoms with Gasteiger partial charge in [0.2, 0.25) is 5.13 Å². The van der Waals surface area contributed by atoms with Gasteiger partial charge in [-0.1, -0.05) is 49.4 Å². The fourth-order valence-electron chi connectivity index (χ4n) is 3.40. The number of hydrogen-bond acceptors (Lipinski definition) is 6. The van der Waals surface area contributed by atoms with Crippen LogP contribution in [0.2, 0.25) is 0 Å². The third kappa shape index (κ3) is 5.85. The van der Waals surface area contributed by atoms with Crippen molar-refractivity contribution >= 4 is 26.7 Å². The predicted octanol–water partition coefficient (Wildman–Crippen LogP) is 4.38. The van der Waals surface area contributed by atoms with E-state index in [1.807, 2.05) is 37.3 Å². The maximum atomic E-state index is 12.5. The Morgan fingerprint density at radius 1 is 1.31 bits per heavy atom. The summed E-state index contributed by atoms with van der Waals surface area (Å²) in [5, 5.41) is 0.259. The zero-order valence-corrected chi connectivity index (χ0v) is 18.1. The van der Waals surface area contributed by atoms with E-state index < -0.39 is 10.0 Å². The van der Waals surface area contributed by atoms with Crippen molar-refractivity contribution in [3.8, 4) is 0 Å². The van der Waals surface area contributed by atoms with Crippen LogP contribution in [-0.2, 0) is 16.6 Å². The number of rotatable bonds is 8. The molecule has 154 valence electrons. The van der Waals surface area contributed by atoms with E-state index in [1.165, 1.54) is 19.2 Å². The Hall–Kier alpha value is -2.29. The van der Waals surface area contributed by atoms with Gasteiger partial charge in [0.1, 0.15) is 6.33 Å². The molecule has 0 spiro atoms. The van der Waals surface area contributed by atoms with Crippen LogP contribution in [0.4, 0.5) is 5.13 Å². The highest BCUT2D eigenvalue weighted by atomic mass is 32.2. The number of anilines is 1. The lowest BCUT2D eigenvalue weighted by Crippen LogP contribution is -2.39. The van der Waals surface area contributed by atoms with Crippen LogP contribution in [0.15, 0.2) is 71.9 Å². The van der Waals surface area contributed by atoms with Gasteiger partial charge in [-0.05, 0) is 49.6 Å². The van der Waals surface area contributed by atoms with Gasteiger partial charge in [0.05, 0.1) is 4.90 Å². The van der Waals surface area contributed by atoms with E-state index in [0.29, 0.717) is 6.04 Å². The van der Waals surface area contributed by atoms with Crippen LogP contribution in [0.25, 0.3) is 0 Å². The summed E-state index contributed by atoms with van der Waals surface area (Å²) in [5.74, 6) is 0. The van der Waals surface area contributed by atoms with Gasteiger partial charge in [-0.3, -0.25) is 9.62 Å². The molecule has 29 heavy (non-hydrogen) atoms. The van der Waals surface area contributed by atoms with Crippen LogP contribution in [0, 0.1) is 0 Å². The minimum absolute atomic E-state index is 0.213. The molecule has 1 aromatic heterocycles. The fraction of sp³-hybridized carbons (Fsp3) is 0.333. The maximum Gasteiger partial charge on any atom is 0.263 e. The van der Waals surface area contributed by atoms with Crippen LogP contribution in [0.1, 0.15) is 31.7 Å². The zero-order chi connectivity index (χ0) is 20.7. The average Bonchev–Trinajstić information content (AvgIpc) is 3.21. The first-order chi connectivity index (χ1) is 14.0. The van der Waals surface area contributed by atoms with Gasteiger partial charge < -0.3 is 0 Å².